The first-order chi connectivity index (χ1) is 3.18. The summed E-state index contributed by atoms with van der Waals surface area (Å²) in [5.74, 6) is 0. The van der Waals surface area contributed by atoms with E-state index in [0.717, 1.165) is 0 Å². The molecule has 0 bridgehead atoms. The lowest BCUT2D eigenvalue weighted by Crippen LogP contribution is -2.33. The highest BCUT2D eigenvalue weighted by Crippen LogP contribution is 1.88. The molecule has 0 aromatic heterocycles. The summed E-state index contributed by atoms with van der Waals surface area (Å²) in [6.07, 6.45) is -0.762. The van der Waals surface area contributed by atoms with Gasteiger partial charge in [0.05, 0.1) is 6.04 Å². The molecule has 0 fully saturated rings. The van der Waals surface area contributed by atoms with E-state index in [1.165, 1.54) is 0 Å². The first-order valence-electron chi connectivity index (χ1n) is 2.30. The van der Waals surface area contributed by atoms with Gasteiger partial charge < -0.3 is 15.9 Å². The highest BCUT2D eigenvalue weighted by atomic mass is 16.5. The van der Waals surface area contributed by atoms with Crippen molar-refractivity contribution in [1.29, 1.82) is 0 Å². The van der Waals surface area contributed by atoms with Gasteiger partial charge in [0, 0.05) is 0 Å². The zero-order valence-corrected chi connectivity index (χ0v) is 4.33. The van der Waals surface area contributed by atoms with Crippen LogP contribution in [0.1, 0.15) is 13.3 Å². The van der Waals surface area contributed by atoms with Crippen LogP contribution in [0.15, 0.2) is 0 Å². The summed E-state index contributed by atoms with van der Waals surface area (Å²) in [6.45, 7) is 1.80. The van der Waals surface area contributed by atoms with E-state index in [-0.39, 0.29) is 0 Å². The van der Waals surface area contributed by atoms with Crippen molar-refractivity contribution in [2.45, 2.75) is 25.7 Å². The van der Waals surface area contributed by atoms with Crippen LogP contribution in [0.2, 0.25) is 0 Å². The van der Waals surface area contributed by atoms with E-state index in [1.807, 2.05) is 0 Å². The molecule has 1 atom stereocenters. The second-order valence-electron chi connectivity index (χ2n) is 1.49. The summed E-state index contributed by atoms with van der Waals surface area (Å²) in [4.78, 5) is 0. The third-order valence-corrected chi connectivity index (χ3v) is 0.854. The van der Waals surface area contributed by atoms with E-state index in [9.17, 15) is 0 Å². The van der Waals surface area contributed by atoms with Gasteiger partial charge in [-0.15, -0.1) is 0 Å². The Hall–Kier alpha value is -0.120. The van der Waals surface area contributed by atoms with Crippen molar-refractivity contribution in [3.05, 3.63) is 0 Å². The Labute approximate surface area is 42.8 Å². The Kier molecular flexibility index (Phi) is 2.91. The second-order valence-corrected chi connectivity index (χ2v) is 1.49. The Bertz CT molecular complexity index is 47.0. The van der Waals surface area contributed by atoms with Crippen LogP contribution in [-0.2, 0) is 0 Å². The molecule has 0 aliphatic heterocycles. The van der Waals surface area contributed by atoms with Crippen LogP contribution >= 0.6 is 0 Å². The van der Waals surface area contributed by atoms with Gasteiger partial charge in [-0.1, -0.05) is 6.92 Å². The first-order valence-corrected chi connectivity index (χ1v) is 2.30. The zero-order chi connectivity index (χ0) is 5.86. The minimum atomic E-state index is -1.36. The van der Waals surface area contributed by atoms with Gasteiger partial charge in [-0.2, -0.15) is 0 Å². The maximum atomic E-state index is 8.25. The molecular weight excluding hydrogens is 94.0 g/mol. The van der Waals surface area contributed by atoms with Crippen LogP contribution in [0.3, 0.4) is 0 Å². The predicted octanol–water partition coefficient (Wildman–Crippen LogP) is -0.966. The average Bonchev–Trinajstić information content (AvgIpc) is 1.65. The minimum absolute atomic E-state index is 0.486. The van der Waals surface area contributed by atoms with Crippen molar-refractivity contribution in [2.75, 3.05) is 0 Å². The van der Waals surface area contributed by atoms with Crippen molar-refractivity contribution in [3.63, 3.8) is 0 Å². The van der Waals surface area contributed by atoms with Gasteiger partial charge in [0.25, 0.3) is 0 Å². The molecule has 0 aromatic rings. The lowest BCUT2D eigenvalue weighted by Gasteiger charge is -2.08. The number of aliphatic hydroxyl groups is 2. The molecule has 0 saturated heterocycles. The van der Waals surface area contributed by atoms with E-state index in [1.54, 1.807) is 6.92 Å². The Morgan fingerprint density at radius 1 is 1.57 bits per heavy atom. The molecule has 0 aliphatic rings. The average molecular weight is 105 g/mol. The fourth-order valence-electron chi connectivity index (χ4n) is 0.211. The summed E-state index contributed by atoms with van der Waals surface area (Å²) in [6, 6.07) is -0.486. The van der Waals surface area contributed by atoms with Gasteiger partial charge in [-0.25, -0.2) is 0 Å². The highest BCUT2D eigenvalue weighted by Gasteiger charge is 2.05. The molecule has 3 nitrogen and oxygen atoms in total. The molecule has 0 heterocycles. The number of hydrogen-bond acceptors (Lipinski definition) is 3. The quantitative estimate of drug-likeness (QED) is 0.396. The third kappa shape index (κ3) is 2.56. The van der Waals surface area contributed by atoms with Crippen molar-refractivity contribution in [1.82, 2.24) is 0 Å². The first kappa shape index (κ1) is 6.88. The molecular formula is C4H11NO2. The monoisotopic (exact) mass is 105 g/mol. The molecule has 0 saturated carbocycles. The van der Waals surface area contributed by atoms with Crippen molar-refractivity contribution >= 4 is 0 Å². The fourth-order valence-corrected chi connectivity index (χ4v) is 0.211. The molecule has 0 amide bonds. The summed E-state index contributed by atoms with van der Waals surface area (Å²) in [5, 5.41) is 16.5. The van der Waals surface area contributed by atoms with Gasteiger partial charge in [0.15, 0.2) is 6.29 Å². The number of hydrogen-bond donors (Lipinski definition) is 3. The summed E-state index contributed by atoms with van der Waals surface area (Å²) in [5.41, 5.74) is 5.12. The number of aliphatic hydroxyl groups excluding tert-OH is 1. The van der Waals surface area contributed by atoms with Crippen LogP contribution in [-0.4, -0.2) is 22.5 Å². The topological polar surface area (TPSA) is 66.5 Å². The summed E-state index contributed by atoms with van der Waals surface area (Å²) in [7, 11) is 0. The van der Waals surface area contributed by atoms with Gasteiger partial charge in [-0.05, 0) is 6.42 Å². The molecule has 0 spiro atoms. The summed E-state index contributed by atoms with van der Waals surface area (Å²) >= 11 is 0. The number of rotatable bonds is 2. The third-order valence-electron chi connectivity index (χ3n) is 0.854. The van der Waals surface area contributed by atoms with Gasteiger partial charge in [0.1, 0.15) is 0 Å². The molecule has 0 rings (SSSR count). The van der Waals surface area contributed by atoms with E-state index in [0.29, 0.717) is 6.42 Å². The van der Waals surface area contributed by atoms with Crippen LogP contribution in [0.5, 0.6) is 0 Å². The number of nitrogens with two attached hydrogens (primary N) is 1. The van der Waals surface area contributed by atoms with E-state index >= 15 is 0 Å². The minimum Gasteiger partial charge on any atom is -0.367 e. The largest absolute Gasteiger partial charge is 0.367 e. The second kappa shape index (κ2) is 2.96. The molecule has 3 heteroatoms. The SMILES string of the molecule is CC[C@H](N)C(O)O. The smallest absolute Gasteiger partial charge is 0.166 e. The maximum Gasteiger partial charge on any atom is 0.166 e. The molecule has 4 N–H and O–H groups in total. The maximum absolute atomic E-state index is 8.25. The zero-order valence-electron chi connectivity index (χ0n) is 4.33. The molecule has 7 heavy (non-hydrogen) atoms. The van der Waals surface area contributed by atoms with Crippen LogP contribution in [0, 0.1) is 0 Å². The van der Waals surface area contributed by atoms with Crippen molar-refractivity contribution in [2.24, 2.45) is 5.73 Å². The lowest BCUT2D eigenvalue weighted by molar-refractivity contribution is -0.0585. The van der Waals surface area contributed by atoms with Gasteiger partial charge >= 0.3 is 0 Å². The summed E-state index contributed by atoms with van der Waals surface area (Å²) < 4.78 is 0. The van der Waals surface area contributed by atoms with Crippen LogP contribution < -0.4 is 5.73 Å². The standard InChI is InChI=1S/C4H11NO2/c1-2-3(5)4(6)7/h3-4,6-7H,2,5H2,1H3/t3-/m0/s1. The van der Waals surface area contributed by atoms with Gasteiger partial charge in [-0.3, -0.25) is 0 Å². The molecule has 0 radical (unpaired) electrons. The van der Waals surface area contributed by atoms with E-state index in [2.05, 4.69) is 0 Å². The normalized spacial score (nSPS) is 15.0. The van der Waals surface area contributed by atoms with E-state index < -0.39 is 12.3 Å². The molecule has 0 aromatic carbocycles. The molecule has 0 unspecified atom stereocenters. The predicted molar refractivity (Wildman–Crippen MR) is 26.5 cm³/mol. The Balaban J connectivity index is 3.14. The van der Waals surface area contributed by atoms with Crippen molar-refractivity contribution < 1.29 is 10.2 Å². The highest BCUT2D eigenvalue weighted by molar-refractivity contribution is 4.57. The van der Waals surface area contributed by atoms with Crippen LogP contribution in [0.4, 0.5) is 0 Å². The fraction of sp³-hybridized carbons (Fsp3) is 1.00. The molecule has 0 aliphatic carbocycles. The van der Waals surface area contributed by atoms with Crippen LogP contribution in [0.25, 0.3) is 0 Å². The Morgan fingerprint density at radius 3 is 2.00 bits per heavy atom. The molecule has 44 valence electrons. The lowest BCUT2D eigenvalue weighted by atomic mass is 10.2. The van der Waals surface area contributed by atoms with Gasteiger partial charge in [0.2, 0.25) is 0 Å². The van der Waals surface area contributed by atoms with E-state index in [4.69, 9.17) is 15.9 Å². The van der Waals surface area contributed by atoms with Crippen molar-refractivity contribution in [3.8, 4) is 0 Å². The Morgan fingerprint density at radius 2 is 2.00 bits per heavy atom.